The minimum atomic E-state index is -4.97. The second-order valence-electron chi connectivity index (χ2n) is 30.9. The molecule has 0 radical (unpaired) electrons. The van der Waals surface area contributed by atoms with Crippen LogP contribution in [0, 0.1) is 0 Å². The van der Waals surface area contributed by atoms with Crippen molar-refractivity contribution in [2.24, 2.45) is 5.73 Å². The van der Waals surface area contributed by atoms with Gasteiger partial charge in [-0.3, -0.25) is 9.59 Å². The summed E-state index contributed by atoms with van der Waals surface area (Å²) in [6, 6.07) is 36.3. The molecule has 26 nitrogen and oxygen atoms in total. The highest BCUT2D eigenvalue weighted by Crippen LogP contribution is 2.46. The van der Waals surface area contributed by atoms with E-state index in [1.807, 2.05) is 17.4 Å². The second-order valence-corrected chi connectivity index (χ2v) is 39.9. The number of nitrogens with one attached hydrogen (secondary N) is 7. The number of carbonyl (C=O) groups is 2. The van der Waals surface area contributed by atoms with E-state index < -0.39 is 80.3 Å². The molecule has 3 saturated carbocycles. The summed E-state index contributed by atoms with van der Waals surface area (Å²) in [7, 11) is -5.98. The lowest BCUT2D eigenvalue weighted by Gasteiger charge is -2.38. The van der Waals surface area contributed by atoms with Gasteiger partial charge >= 0.3 is 24.2 Å². The molecule has 9 aromatic rings. The van der Waals surface area contributed by atoms with E-state index in [4.69, 9.17) is 72.1 Å². The molecule has 39 heteroatoms. The molecule has 3 heterocycles. The Labute approximate surface area is 738 Å². The maximum absolute atomic E-state index is 13.0. The molecule has 2 amide bonds. The highest BCUT2D eigenvalue weighted by Gasteiger charge is 2.44. The van der Waals surface area contributed by atoms with Gasteiger partial charge in [0, 0.05) is 35.9 Å². The fraction of sp³-hybridized carbons (Fsp3) is 0.412. The molecule has 0 saturated heterocycles. The number of benzene rings is 6. The monoisotopic (exact) mass is 1860 g/mol. The number of sulfone groups is 3. The van der Waals surface area contributed by atoms with E-state index in [0.29, 0.717) is 65.1 Å². The third-order valence-corrected chi connectivity index (χ3v) is 29.5. The van der Waals surface area contributed by atoms with Gasteiger partial charge < -0.3 is 62.9 Å². The third-order valence-electron chi connectivity index (χ3n) is 21.9. The molecule has 124 heavy (non-hydrogen) atoms. The van der Waals surface area contributed by atoms with Gasteiger partial charge in [-0.15, -0.1) is 0 Å². The van der Waals surface area contributed by atoms with E-state index >= 15 is 0 Å². The van der Waals surface area contributed by atoms with Gasteiger partial charge in [0.25, 0.3) is 0 Å². The molecule has 0 bridgehead atoms. The zero-order chi connectivity index (χ0) is 90.8. The quantitative estimate of drug-likeness (QED) is 0.0131. The van der Waals surface area contributed by atoms with Crippen LogP contribution in [0.25, 0.3) is 0 Å². The average Bonchev–Trinajstić information content (AvgIpc) is 0.800. The molecular weight excluding hydrogens is 1760 g/mol. The number of amides is 2. The van der Waals surface area contributed by atoms with Crippen LogP contribution in [0.1, 0.15) is 155 Å². The number of nitrogens with zero attached hydrogens (tertiary/aromatic N) is 6. The zero-order valence-corrected chi connectivity index (χ0v) is 75.1. The summed E-state index contributed by atoms with van der Waals surface area (Å²) in [5.41, 5.74) is 16.4. The van der Waals surface area contributed by atoms with Crippen molar-refractivity contribution in [1.29, 1.82) is 0 Å². The molecule has 3 aliphatic rings. The number of carbonyl (C=O) groups excluding carboxylic acids is 2. The van der Waals surface area contributed by atoms with Gasteiger partial charge in [0.2, 0.25) is 17.2 Å². The lowest BCUT2D eigenvalue weighted by Crippen LogP contribution is -2.46. The first kappa shape index (κ1) is 98.0. The van der Waals surface area contributed by atoms with Crippen molar-refractivity contribution < 1.29 is 75.4 Å². The molecule has 0 atom stereocenters. The van der Waals surface area contributed by atoms with Gasteiger partial charge in [-0.1, -0.05) is 147 Å². The first-order chi connectivity index (χ1) is 58.6. The Hall–Kier alpha value is -9.75. The van der Waals surface area contributed by atoms with Crippen molar-refractivity contribution >= 4 is 151 Å². The average molecular weight is 1860 g/mol. The lowest BCUT2D eigenvalue weighted by atomic mass is 9.69. The van der Waals surface area contributed by atoms with Crippen molar-refractivity contribution in [2.45, 2.75) is 197 Å². The molecule has 6 aromatic carbocycles. The predicted octanol–water partition coefficient (Wildman–Crippen LogP) is 19.5. The molecule has 3 fully saturated rings. The molecule has 3 aliphatic carbocycles. The molecule has 11 N–H and O–H groups in total. The standard InChI is InChI=1S/C29H33ClF3N5O4S.C27H34ClN5O3S.C16H21F3N2O2.C13H13Cl2N3O2S/c1-18(2)43(40,41)24-10-6-5-9-21(24)36-25-20(30)16-34-27(38-25)37-22-15-19(11-12-23(22)42-3)28(13-7-4-8-14-28)17-35-26(39)29(31,32)33;1-18(2)37(34,35)24-10-6-5-9-21(24)31-25-20(28)16-30-26(33-25)32-22-15-19(11-12-23(22)36-3)27(17-29)13-7-4-8-14-27;1-23-13-6-5-11(9-12(13)20)15(7-3-2-4-8-15)10-21-14(22)16(17,18)19;1-8(2)21(19,20)11-6-4-3-5-10(11)17-12-9(14)7-16-13(15)18-12/h5-6,9-12,15-16,18H,4,7-8,13-14,17H2,1-3H3,(H,35,39)(H2,34,36,37,38);5-6,9-12,15-16,18H,4,7-8,13-14,17,29H2,1-3H3,(H2,30,31,32,33);5-6,9H,2-4,7-8,10,20H2,1H3,(H,21,22);3-8H,1-2H3,(H,16,17,18). The van der Waals surface area contributed by atoms with Gasteiger partial charge in [-0.2, -0.15) is 41.3 Å². The molecule has 670 valence electrons. The van der Waals surface area contributed by atoms with Gasteiger partial charge in [-0.05, 0) is 181 Å². The summed E-state index contributed by atoms with van der Waals surface area (Å²) < 4.78 is 169. The summed E-state index contributed by atoms with van der Waals surface area (Å²) in [6.07, 6.45) is 8.06. The number of anilines is 11. The van der Waals surface area contributed by atoms with Crippen molar-refractivity contribution in [1.82, 2.24) is 40.5 Å². The third kappa shape index (κ3) is 24.5. The fourth-order valence-corrected chi connectivity index (χ4v) is 18.9. The normalized spacial score (nSPS) is 15.1. The van der Waals surface area contributed by atoms with Gasteiger partial charge in [0.05, 0.1) is 104 Å². The number of halogens is 10. The maximum Gasteiger partial charge on any atom is 0.471 e. The first-order valence-electron chi connectivity index (χ1n) is 39.9. The number of hydrogen-bond donors (Lipinski definition) is 9. The Balaban J connectivity index is 0.000000195. The Bertz CT molecular complexity index is 5580. The number of ether oxygens (including phenoxy) is 3. The zero-order valence-electron chi connectivity index (χ0n) is 69.6. The fourth-order valence-electron chi connectivity index (χ4n) is 14.8. The van der Waals surface area contributed by atoms with Crippen molar-refractivity contribution in [3.63, 3.8) is 0 Å². The number of methoxy groups -OCH3 is 3. The summed E-state index contributed by atoms with van der Waals surface area (Å²) in [5.74, 6) is -1.19. The maximum atomic E-state index is 13.0. The summed E-state index contributed by atoms with van der Waals surface area (Å²) in [4.78, 5) is 48.6. The molecule has 0 unspecified atom stereocenters. The Morgan fingerprint density at radius 1 is 0.419 bits per heavy atom. The van der Waals surface area contributed by atoms with Crippen LogP contribution in [0.2, 0.25) is 20.4 Å². The second kappa shape index (κ2) is 42.5. The number of para-hydroxylation sites is 3. The van der Waals surface area contributed by atoms with E-state index in [1.165, 1.54) is 51.4 Å². The summed E-state index contributed by atoms with van der Waals surface area (Å²) >= 11 is 24.5. The first-order valence-corrected chi connectivity index (χ1v) is 46.0. The van der Waals surface area contributed by atoms with Crippen LogP contribution < -0.4 is 62.9 Å². The van der Waals surface area contributed by atoms with Crippen molar-refractivity contribution in [3.8, 4) is 17.2 Å². The number of rotatable bonds is 27. The van der Waals surface area contributed by atoms with E-state index in [2.05, 4.69) is 73.9 Å². The Morgan fingerprint density at radius 2 is 0.726 bits per heavy atom. The minimum absolute atomic E-state index is 0.0195. The van der Waals surface area contributed by atoms with Crippen LogP contribution in [-0.2, 0) is 55.3 Å². The number of aromatic nitrogens is 6. The van der Waals surface area contributed by atoms with Gasteiger partial charge in [-0.25, -0.2) is 40.2 Å². The van der Waals surface area contributed by atoms with E-state index in [9.17, 15) is 61.2 Å². The minimum Gasteiger partial charge on any atom is -0.495 e. The SMILES string of the molecule is CC(C)S(=O)(=O)c1ccccc1Nc1nc(Cl)ncc1Cl.COc1ccc(C2(CN)CCCCC2)cc1Nc1ncc(Cl)c(Nc2ccccc2S(=O)(=O)C(C)C)n1.COc1ccc(C2(CNC(=O)C(F)(F)F)CCCCC2)cc1N.COc1ccc(C2(CNC(=O)C(F)(F)F)CCCCC2)cc1Nc1ncc(Cl)c(Nc2ccccc2S(=O)(=O)C(C)C)n1. The van der Waals surface area contributed by atoms with Crippen molar-refractivity contribution in [2.75, 3.05) is 73.3 Å². The van der Waals surface area contributed by atoms with E-state index in [0.717, 1.165) is 99.4 Å². The molecule has 0 aliphatic heterocycles. The largest absolute Gasteiger partial charge is 0.495 e. The van der Waals surface area contributed by atoms with Gasteiger partial charge in [0.1, 0.15) is 32.3 Å². The topological polar surface area (TPSA) is 378 Å². The smallest absolute Gasteiger partial charge is 0.471 e. The molecular formula is C85H101Cl4F6N15O11S3. The van der Waals surface area contributed by atoms with Crippen LogP contribution >= 0.6 is 46.4 Å². The van der Waals surface area contributed by atoms with E-state index in [1.54, 1.807) is 140 Å². The van der Waals surface area contributed by atoms with E-state index in [-0.39, 0.29) is 82.9 Å². The Morgan fingerprint density at radius 3 is 1.05 bits per heavy atom. The van der Waals surface area contributed by atoms with Crippen LogP contribution in [0.5, 0.6) is 17.2 Å². The van der Waals surface area contributed by atoms with Crippen LogP contribution in [0.15, 0.2) is 161 Å². The number of nitrogens with two attached hydrogens (primary N) is 2. The molecule has 0 spiro atoms. The summed E-state index contributed by atoms with van der Waals surface area (Å²) in [6.45, 7) is 10.1. The number of hydrogen-bond acceptors (Lipinski definition) is 24. The highest BCUT2D eigenvalue weighted by atomic mass is 35.5. The Kier molecular flexibility index (Phi) is 33.6. The lowest BCUT2D eigenvalue weighted by molar-refractivity contribution is -0.173. The molecule has 3 aromatic heterocycles. The summed E-state index contributed by atoms with van der Waals surface area (Å²) in [5, 5.41) is 18.4. The predicted molar refractivity (Wildman–Crippen MR) is 474 cm³/mol. The number of alkyl halides is 6. The van der Waals surface area contributed by atoms with Crippen LogP contribution in [0.3, 0.4) is 0 Å². The number of nitrogen functional groups attached to an aromatic ring is 1. The van der Waals surface area contributed by atoms with Crippen molar-refractivity contribution in [3.05, 3.63) is 183 Å². The van der Waals surface area contributed by atoms with Crippen LogP contribution in [-0.4, -0.2) is 136 Å². The highest BCUT2D eigenvalue weighted by molar-refractivity contribution is 7.92. The van der Waals surface area contributed by atoms with Gasteiger partial charge in [0.15, 0.2) is 47.0 Å². The molecule has 12 rings (SSSR count). The van der Waals surface area contributed by atoms with Crippen LogP contribution in [0.4, 0.5) is 89.8 Å².